The molecule has 0 aromatic carbocycles. The first-order valence-electron chi connectivity index (χ1n) is 10.9. The molecule has 4 rings (SSSR count). The summed E-state index contributed by atoms with van der Waals surface area (Å²) in [6.07, 6.45) is 5.05. The van der Waals surface area contributed by atoms with Gasteiger partial charge in [-0.25, -0.2) is 4.79 Å². The molecule has 0 N–H and O–H groups in total. The summed E-state index contributed by atoms with van der Waals surface area (Å²) in [6, 6.07) is 5.87. The summed E-state index contributed by atoms with van der Waals surface area (Å²) < 4.78 is 7.48. The van der Waals surface area contributed by atoms with E-state index in [0.717, 1.165) is 30.9 Å². The molecule has 8 nitrogen and oxygen atoms in total. The van der Waals surface area contributed by atoms with Crippen molar-refractivity contribution in [3.63, 3.8) is 0 Å². The van der Waals surface area contributed by atoms with Crippen molar-refractivity contribution >= 4 is 17.6 Å². The monoisotopic (exact) mass is 413 g/mol. The minimum absolute atomic E-state index is 0.0300. The van der Waals surface area contributed by atoms with Gasteiger partial charge in [0.2, 0.25) is 5.91 Å². The lowest BCUT2D eigenvalue weighted by Gasteiger charge is -2.37. The minimum atomic E-state index is -0.502. The summed E-state index contributed by atoms with van der Waals surface area (Å²) in [6.45, 7) is 8.21. The predicted molar refractivity (Wildman–Crippen MR) is 112 cm³/mol. The Kier molecular flexibility index (Phi) is 5.66. The van der Waals surface area contributed by atoms with E-state index in [1.165, 1.54) is 0 Å². The number of rotatable bonds is 2. The van der Waals surface area contributed by atoms with Gasteiger partial charge in [0.1, 0.15) is 11.4 Å². The number of likely N-dealkylation sites (tertiary alicyclic amines) is 2. The zero-order chi connectivity index (χ0) is 21.3. The smallest absolute Gasteiger partial charge is 0.410 e. The first-order valence-corrected chi connectivity index (χ1v) is 10.9. The predicted octanol–water partition coefficient (Wildman–Crippen LogP) is 3.08. The molecule has 2 fully saturated rings. The Morgan fingerprint density at radius 2 is 1.80 bits per heavy atom. The van der Waals surface area contributed by atoms with Gasteiger partial charge in [-0.2, -0.15) is 0 Å². The molecule has 0 aliphatic carbocycles. The maximum Gasteiger partial charge on any atom is 0.410 e. The van der Waals surface area contributed by atoms with Crippen LogP contribution in [0.15, 0.2) is 24.4 Å². The van der Waals surface area contributed by atoms with Crippen molar-refractivity contribution in [1.29, 1.82) is 0 Å². The summed E-state index contributed by atoms with van der Waals surface area (Å²) in [4.78, 5) is 29.2. The Hall–Kier alpha value is -2.64. The van der Waals surface area contributed by atoms with Gasteiger partial charge in [-0.05, 0) is 58.6 Å². The molecule has 162 valence electrons. The van der Waals surface area contributed by atoms with E-state index in [-0.39, 0.29) is 23.8 Å². The van der Waals surface area contributed by atoms with E-state index in [2.05, 4.69) is 10.2 Å². The Labute approximate surface area is 177 Å². The SMILES string of the molecule is CC(C)(C)OC(=O)N1CCC(C(=O)N2CCCC(c3nnc4ccccn34)C2)CC1. The maximum atomic E-state index is 13.2. The number of carbonyl (C=O) groups excluding carboxylic acids is 2. The molecular weight excluding hydrogens is 382 g/mol. The number of amides is 2. The fraction of sp³-hybridized carbons (Fsp3) is 0.636. The van der Waals surface area contributed by atoms with Gasteiger partial charge < -0.3 is 14.5 Å². The zero-order valence-corrected chi connectivity index (χ0v) is 18.1. The van der Waals surface area contributed by atoms with Gasteiger partial charge in [-0.1, -0.05) is 6.07 Å². The second-order valence-electron chi connectivity index (χ2n) is 9.35. The minimum Gasteiger partial charge on any atom is -0.444 e. The average Bonchev–Trinajstić information content (AvgIpc) is 3.16. The molecule has 30 heavy (non-hydrogen) atoms. The molecule has 1 atom stereocenters. The van der Waals surface area contributed by atoms with Gasteiger partial charge in [0.25, 0.3) is 0 Å². The first-order chi connectivity index (χ1) is 14.3. The molecular formula is C22H31N5O3. The van der Waals surface area contributed by atoms with E-state index < -0.39 is 5.60 Å². The van der Waals surface area contributed by atoms with Crippen LogP contribution in [0.3, 0.4) is 0 Å². The quantitative estimate of drug-likeness (QED) is 0.756. The summed E-state index contributed by atoms with van der Waals surface area (Å²) in [5.74, 6) is 1.31. The third-order valence-corrected chi connectivity index (χ3v) is 5.93. The normalized spacial score (nSPS) is 21.1. The maximum absolute atomic E-state index is 13.2. The number of piperidine rings is 2. The van der Waals surface area contributed by atoms with Crippen molar-refractivity contribution in [3.05, 3.63) is 30.2 Å². The summed E-state index contributed by atoms with van der Waals surface area (Å²) in [7, 11) is 0. The Bertz CT molecular complexity index is 911. The van der Waals surface area contributed by atoms with E-state index in [1.54, 1.807) is 4.90 Å². The molecule has 0 spiro atoms. The van der Waals surface area contributed by atoms with Crippen LogP contribution in [0.1, 0.15) is 58.2 Å². The molecule has 4 heterocycles. The number of ether oxygens (including phenoxy) is 1. The molecule has 0 bridgehead atoms. The van der Waals surface area contributed by atoms with Crippen LogP contribution < -0.4 is 0 Å². The fourth-order valence-corrected chi connectivity index (χ4v) is 4.42. The fourth-order valence-electron chi connectivity index (χ4n) is 4.42. The van der Waals surface area contributed by atoms with Crippen LogP contribution in [0.5, 0.6) is 0 Å². The highest BCUT2D eigenvalue weighted by molar-refractivity contribution is 5.79. The number of pyridine rings is 1. The van der Waals surface area contributed by atoms with E-state index in [9.17, 15) is 9.59 Å². The highest BCUT2D eigenvalue weighted by Gasteiger charge is 2.34. The van der Waals surface area contributed by atoms with Crippen LogP contribution in [0, 0.1) is 5.92 Å². The van der Waals surface area contributed by atoms with Crippen LogP contribution >= 0.6 is 0 Å². The number of aromatic nitrogens is 3. The molecule has 0 radical (unpaired) electrons. The Morgan fingerprint density at radius 1 is 1.03 bits per heavy atom. The molecule has 2 aliphatic heterocycles. The highest BCUT2D eigenvalue weighted by Crippen LogP contribution is 2.29. The van der Waals surface area contributed by atoms with Crippen LogP contribution in [-0.4, -0.2) is 68.2 Å². The van der Waals surface area contributed by atoms with Gasteiger partial charge >= 0.3 is 6.09 Å². The van der Waals surface area contributed by atoms with Gasteiger partial charge in [0, 0.05) is 44.2 Å². The number of hydrogen-bond acceptors (Lipinski definition) is 5. The van der Waals surface area contributed by atoms with E-state index in [1.807, 2.05) is 54.5 Å². The summed E-state index contributed by atoms with van der Waals surface area (Å²) >= 11 is 0. The summed E-state index contributed by atoms with van der Waals surface area (Å²) in [5, 5.41) is 8.66. The lowest BCUT2D eigenvalue weighted by atomic mass is 9.92. The van der Waals surface area contributed by atoms with Crippen molar-refractivity contribution < 1.29 is 14.3 Å². The number of carbonyl (C=O) groups is 2. The third-order valence-electron chi connectivity index (χ3n) is 5.93. The molecule has 8 heteroatoms. The van der Waals surface area contributed by atoms with Crippen molar-refractivity contribution in [2.75, 3.05) is 26.2 Å². The topological polar surface area (TPSA) is 80.0 Å². The molecule has 2 aromatic heterocycles. The molecule has 1 unspecified atom stereocenters. The largest absolute Gasteiger partial charge is 0.444 e. The van der Waals surface area contributed by atoms with Crippen molar-refractivity contribution in [3.8, 4) is 0 Å². The average molecular weight is 414 g/mol. The van der Waals surface area contributed by atoms with Gasteiger partial charge in [0.15, 0.2) is 5.65 Å². The van der Waals surface area contributed by atoms with Crippen LogP contribution in [-0.2, 0) is 9.53 Å². The lowest BCUT2D eigenvalue weighted by Crippen LogP contribution is -2.47. The second kappa shape index (κ2) is 8.24. The van der Waals surface area contributed by atoms with Crippen molar-refractivity contribution in [1.82, 2.24) is 24.4 Å². The molecule has 2 aromatic rings. The van der Waals surface area contributed by atoms with Gasteiger partial charge in [-0.3, -0.25) is 9.20 Å². The summed E-state index contributed by atoms with van der Waals surface area (Å²) in [5.41, 5.74) is 0.337. The second-order valence-corrected chi connectivity index (χ2v) is 9.35. The molecule has 2 amide bonds. The van der Waals surface area contributed by atoms with Crippen molar-refractivity contribution in [2.24, 2.45) is 5.92 Å². The Balaban J connectivity index is 1.36. The van der Waals surface area contributed by atoms with E-state index in [0.29, 0.717) is 32.5 Å². The van der Waals surface area contributed by atoms with Gasteiger partial charge in [-0.15, -0.1) is 10.2 Å². The van der Waals surface area contributed by atoms with Crippen LogP contribution in [0.2, 0.25) is 0 Å². The number of nitrogens with zero attached hydrogens (tertiary/aromatic N) is 5. The Morgan fingerprint density at radius 3 is 2.53 bits per heavy atom. The standard InChI is InChI=1S/C22H31N5O3/c1-22(2,3)30-21(29)25-13-9-16(10-14-25)20(28)26-11-6-7-17(15-26)19-24-23-18-8-4-5-12-27(18)19/h4-5,8,12,16-17H,6-7,9-11,13-15H2,1-3H3. The number of hydrogen-bond donors (Lipinski definition) is 0. The molecule has 2 saturated heterocycles. The van der Waals surface area contributed by atoms with E-state index in [4.69, 9.17) is 4.74 Å². The highest BCUT2D eigenvalue weighted by atomic mass is 16.6. The zero-order valence-electron chi connectivity index (χ0n) is 18.1. The van der Waals surface area contributed by atoms with Gasteiger partial charge in [0.05, 0.1) is 0 Å². The van der Waals surface area contributed by atoms with Crippen molar-refractivity contribution in [2.45, 2.75) is 58.0 Å². The number of fused-ring (bicyclic) bond motifs is 1. The lowest BCUT2D eigenvalue weighted by molar-refractivity contribution is -0.138. The molecule has 0 saturated carbocycles. The molecule has 2 aliphatic rings. The van der Waals surface area contributed by atoms with Crippen LogP contribution in [0.25, 0.3) is 5.65 Å². The van der Waals surface area contributed by atoms with E-state index >= 15 is 0 Å². The third kappa shape index (κ3) is 4.42. The van der Waals surface area contributed by atoms with Crippen LogP contribution in [0.4, 0.5) is 4.79 Å². The first kappa shape index (κ1) is 20.6.